The molecule has 0 radical (unpaired) electrons. The minimum Gasteiger partial charge on any atom is -0.396 e. The number of alkyl halides is 1. The predicted octanol–water partition coefficient (Wildman–Crippen LogP) is 5.67. The van der Waals surface area contributed by atoms with Crippen molar-refractivity contribution < 1.29 is 19.5 Å². The summed E-state index contributed by atoms with van der Waals surface area (Å²) in [5.74, 6) is -1.50. The number of likely N-dealkylation sites (tertiary alicyclic amines) is 1. The minimum absolute atomic E-state index is 0.0139. The quantitative estimate of drug-likeness (QED) is 0.166. The van der Waals surface area contributed by atoms with Crippen molar-refractivity contribution in [2.24, 2.45) is 17.3 Å². The van der Waals surface area contributed by atoms with Crippen molar-refractivity contribution in [3.05, 3.63) is 55.6 Å². The van der Waals surface area contributed by atoms with E-state index in [0.717, 1.165) is 12.1 Å². The summed E-state index contributed by atoms with van der Waals surface area (Å²) in [7, 11) is 0. The number of anilines is 1. The number of nitrogens with zero attached hydrogens (tertiary/aromatic N) is 3. The zero-order chi connectivity index (χ0) is 31.7. The number of carbonyl (C=O) groups excluding carboxylic acids is 3. The van der Waals surface area contributed by atoms with Crippen molar-refractivity contribution in [3.63, 3.8) is 0 Å². The van der Waals surface area contributed by atoms with Crippen LogP contribution in [0.5, 0.6) is 0 Å². The summed E-state index contributed by atoms with van der Waals surface area (Å²) >= 11 is 5.55. The zero-order valence-corrected chi connectivity index (χ0v) is 28.7. The van der Waals surface area contributed by atoms with Crippen molar-refractivity contribution in [1.29, 1.82) is 0 Å². The third kappa shape index (κ3) is 6.36. The van der Waals surface area contributed by atoms with Gasteiger partial charge in [0.2, 0.25) is 17.7 Å². The predicted molar refractivity (Wildman–Crippen MR) is 179 cm³/mol. The molecule has 3 aliphatic rings. The van der Waals surface area contributed by atoms with Gasteiger partial charge in [-0.15, -0.1) is 24.9 Å². The van der Waals surface area contributed by atoms with Gasteiger partial charge in [-0.25, -0.2) is 0 Å². The first-order valence-corrected chi connectivity index (χ1v) is 17.2. The number of carbonyl (C=O) groups is 3. The van der Waals surface area contributed by atoms with Gasteiger partial charge in [0.1, 0.15) is 6.04 Å². The Bertz CT molecular complexity index is 1220. The second-order valence-corrected chi connectivity index (χ2v) is 16.7. The molecular weight excluding hydrogens is 626 g/mol. The first kappa shape index (κ1) is 33.8. The number of fused-ring (bicyclic) bond motifs is 1. The number of aliphatic hydroxyl groups is 1. The van der Waals surface area contributed by atoms with E-state index in [4.69, 9.17) is 0 Å². The van der Waals surface area contributed by atoms with Crippen molar-refractivity contribution >= 4 is 51.1 Å². The molecular formula is C34H48BrN3O4S. The van der Waals surface area contributed by atoms with Crippen LogP contribution in [0.3, 0.4) is 0 Å². The molecule has 2 bridgehead atoms. The minimum atomic E-state index is -0.736. The lowest BCUT2D eigenvalue weighted by atomic mass is 9.70. The fraction of sp³-hybridized carbons (Fsp3) is 0.618. The zero-order valence-electron chi connectivity index (χ0n) is 26.3. The summed E-state index contributed by atoms with van der Waals surface area (Å²) in [6, 6.07) is 8.80. The van der Waals surface area contributed by atoms with E-state index in [0.29, 0.717) is 38.9 Å². The van der Waals surface area contributed by atoms with Gasteiger partial charge < -0.3 is 19.8 Å². The number of unbranched alkanes of at least 4 members (excludes halogenated alkanes) is 1. The third-order valence-corrected chi connectivity index (χ3v) is 12.3. The number of benzene rings is 1. The number of thioether (sulfide) groups is 1. The van der Waals surface area contributed by atoms with E-state index >= 15 is 0 Å². The average Bonchev–Trinajstić information content (AvgIpc) is 3.52. The highest BCUT2D eigenvalue weighted by atomic mass is 79.9. The molecule has 1 aromatic rings. The van der Waals surface area contributed by atoms with E-state index in [9.17, 15) is 19.5 Å². The number of hydrogen-bond acceptors (Lipinski definition) is 5. The second kappa shape index (κ2) is 13.1. The van der Waals surface area contributed by atoms with Gasteiger partial charge in [-0.3, -0.25) is 14.4 Å². The number of para-hydroxylation sites is 1. The molecule has 0 aromatic heterocycles. The van der Waals surface area contributed by atoms with Gasteiger partial charge in [0.15, 0.2) is 0 Å². The summed E-state index contributed by atoms with van der Waals surface area (Å²) in [5.41, 5.74) is 0.247. The van der Waals surface area contributed by atoms with Gasteiger partial charge in [0.25, 0.3) is 0 Å². The number of halogens is 1. The molecule has 3 unspecified atom stereocenters. The van der Waals surface area contributed by atoms with E-state index in [1.807, 2.05) is 35.2 Å². The number of aliphatic hydroxyl groups excluding tert-OH is 1. The Labute approximate surface area is 270 Å². The lowest BCUT2D eigenvalue weighted by Gasteiger charge is -2.46. The largest absolute Gasteiger partial charge is 0.396 e. The maximum Gasteiger partial charge on any atom is 0.247 e. The maximum atomic E-state index is 14.9. The van der Waals surface area contributed by atoms with Gasteiger partial charge in [0.05, 0.1) is 16.6 Å². The highest BCUT2D eigenvalue weighted by Gasteiger charge is 2.76. The number of amides is 3. The van der Waals surface area contributed by atoms with Crippen molar-refractivity contribution in [3.8, 4) is 0 Å². The van der Waals surface area contributed by atoms with Crippen molar-refractivity contribution in [2.75, 3.05) is 31.1 Å². The van der Waals surface area contributed by atoms with E-state index < -0.39 is 28.2 Å². The van der Waals surface area contributed by atoms with Crippen LogP contribution in [0.4, 0.5) is 5.69 Å². The fourth-order valence-electron chi connectivity index (χ4n) is 7.87. The molecule has 1 spiro atoms. The lowest BCUT2D eigenvalue weighted by Crippen LogP contribution is -2.60. The third-order valence-electron chi connectivity index (χ3n) is 9.03. The Balaban J connectivity index is 1.80. The first-order chi connectivity index (χ1) is 20.2. The first-order valence-electron chi connectivity index (χ1n) is 15.4. The molecule has 1 aromatic carbocycles. The van der Waals surface area contributed by atoms with E-state index in [-0.39, 0.29) is 39.8 Å². The highest BCUT2D eigenvalue weighted by Crippen LogP contribution is 2.68. The molecule has 3 aliphatic heterocycles. The molecule has 3 fully saturated rings. The smallest absolute Gasteiger partial charge is 0.247 e. The van der Waals surface area contributed by atoms with Crippen molar-refractivity contribution in [1.82, 2.24) is 9.80 Å². The Morgan fingerprint density at radius 1 is 1.09 bits per heavy atom. The Morgan fingerprint density at radius 2 is 1.74 bits per heavy atom. The van der Waals surface area contributed by atoms with Gasteiger partial charge in [-0.2, -0.15) is 0 Å². The van der Waals surface area contributed by atoms with Crippen LogP contribution in [-0.2, 0) is 14.4 Å². The Morgan fingerprint density at radius 3 is 2.33 bits per heavy atom. The fourth-order valence-corrected chi connectivity index (χ4v) is 11.5. The lowest BCUT2D eigenvalue weighted by molar-refractivity contribution is -0.146. The number of rotatable bonds is 13. The highest BCUT2D eigenvalue weighted by molar-refractivity contribution is 9.09. The maximum absolute atomic E-state index is 14.9. The molecule has 236 valence electrons. The molecule has 9 heteroatoms. The number of hydrogen-bond donors (Lipinski definition) is 1. The normalized spacial score (nSPS) is 28.1. The molecule has 7 nitrogen and oxygen atoms in total. The molecule has 6 atom stereocenters. The van der Waals surface area contributed by atoms with Crippen LogP contribution in [0.15, 0.2) is 55.6 Å². The van der Waals surface area contributed by atoms with E-state index in [2.05, 4.69) is 63.7 Å². The monoisotopic (exact) mass is 673 g/mol. The Hall–Kier alpha value is -2.10. The standard InChI is InChI=1S/C34H48BrN3O4S/c1-8-17-36(23-15-11-10-12-16-23)29(40)25-26-30(41)37(19-13-14-20-39)28(34(26)21-24(35)27(25)43-34)31(42)38(18-9-2)33(6,7)22-32(3,4)5/h8-12,15-16,24-28,39H,1-2,13-14,17-22H2,3-7H3/t24?,25-,26-,27-,28?,34?/m0/s1. The molecule has 3 saturated heterocycles. The van der Waals surface area contributed by atoms with Crippen LogP contribution in [0.25, 0.3) is 0 Å². The van der Waals surface area contributed by atoms with Gasteiger partial charge >= 0.3 is 0 Å². The average molecular weight is 675 g/mol. The topological polar surface area (TPSA) is 81.2 Å². The van der Waals surface area contributed by atoms with Gasteiger partial charge in [0, 0.05) is 47.5 Å². The van der Waals surface area contributed by atoms with Crippen LogP contribution in [0, 0.1) is 17.3 Å². The molecule has 4 rings (SSSR count). The van der Waals surface area contributed by atoms with Crippen LogP contribution in [0.2, 0.25) is 0 Å². The summed E-state index contributed by atoms with van der Waals surface area (Å²) in [6.45, 7) is 19.6. The second-order valence-electron chi connectivity index (χ2n) is 14.0. The van der Waals surface area contributed by atoms with Crippen LogP contribution in [0.1, 0.15) is 60.3 Å². The SMILES string of the molecule is C=CCN(C(=O)[C@H]1[C@H]2C(=O)N(CCCCO)C(C(=O)N(CC=C)C(C)(C)CC(C)(C)C)C23CC(Br)[C@@H]1S3)c1ccccc1. The molecule has 0 saturated carbocycles. The molecule has 1 N–H and O–H groups in total. The Kier molecular flexibility index (Phi) is 10.3. The van der Waals surface area contributed by atoms with Gasteiger partial charge in [-0.05, 0) is 57.1 Å². The van der Waals surface area contributed by atoms with Crippen molar-refractivity contribution in [2.45, 2.75) is 86.7 Å². The summed E-state index contributed by atoms with van der Waals surface area (Å²) in [4.78, 5) is 49.3. The molecule has 43 heavy (non-hydrogen) atoms. The van der Waals surface area contributed by atoms with Crippen LogP contribution in [-0.4, -0.2) is 85.3 Å². The van der Waals surface area contributed by atoms with Crippen LogP contribution < -0.4 is 4.90 Å². The van der Waals surface area contributed by atoms with E-state index in [1.54, 1.807) is 33.7 Å². The summed E-state index contributed by atoms with van der Waals surface area (Å²) in [5, 5.41) is 9.39. The van der Waals surface area contributed by atoms with Crippen LogP contribution >= 0.6 is 27.7 Å². The van der Waals surface area contributed by atoms with E-state index in [1.165, 1.54) is 0 Å². The molecule has 0 aliphatic carbocycles. The molecule has 3 heterocycles. The molecule has 3 amide bonds. The summed E-state index contributed by atoms with van der Waals surface area (Å²) in [6.07, 6.45) is 5.99. The van der Waals surface area contributed by atoms with Gasteiger partial charge in [-0.1, -0.05) is 67.1 Å². The summed E-state index contributed by atoms with van der Waals surface area (Å²) < 4.78 is -0.736.